The lowest BCUT2D eigenvalue weighted by Gasteiger charge is -2.23. The van der Waals surface area contributed by atoms with E-state index in [0.717, 1.165) is 154 Å². The summed E-state index contributed by atoms with van der Waals surface area (Å²) >= 11 is 0. The number of hydrogen-bond acceptors (Lipinski definition) is 18. The van der Waals surface area contributed by atoms with Crippen molar-refractivity contribution in [3.05, 3.63) is 59.7 Å². The number of allylic oxidation sites excluding steroid dienone is 4. The second-order valence-corrected chi connectivity index (χ2v) is 34.5. The van der Waals surface area contributed by atoms with Gasteiger partial charge in [0.25, 0.3) is 11.8 Å². The van der Waals surface area contributed by atoms with E-state index < -0.39 is 102 Å². The van der Waals surface area contributed by atoms with Crippen molar-refractivity contribution in [2.75, 3.05) is 65.9 Å². The first-order valence-electron chi connectivity index (χ1n) is 45.9. The highest BCUT2D eigenvalue weighted by Crippen LogP contribution is 2.44. The van der Waals surface area contributed by atoms with Gasteiger partial charge in [-0.05, 0) is 121 Å². The Hall–Kier alpha value is -4.42. The summed E-state index contributed by atoms with van der Waals surface area (Å²) in [6.45, 7) is 10.6. The maximum absolute atomic E-state index is 13.9. The molecule has 4 unspecified atom stereocenters. The number of esters is 2. The van der Waals surface area contributed by atoms with E-state index in [1.165, 1.54) is 127 Å². The minimum Gasteiger partial charge on any atom is -0.462 e. The van der Waals surface area contributed by atoms with E-state index >= 15 is 0 Å². The van der Waals surface area contributed by atoms with Crippen molar-refractivity contribution in [2.45, 2.75) is 412 Å². The number of phosphoric ester groups is 2. The molecule has 0 saturated heterocycles. The third-order valence-electron chi connectivity index (χ3n) is 20.4. The van der Waals surface area contributed by atoms with Crippen LogP contribution in [0, 0.1) is 0 Å². The van der Waals surface area contributed by atoms with E-state index in [4.69, 9.17) is 37.0 Å². The van der Waals surface area contributed by atoms with Crippen LogP contribution in [0.5, 0.6) is 0 Å². The van der Waals surface area contributed by atoms with Crippen LogP contribution in [-0.4, -0.2) is 158 Å². The van der Waals surface area contributed by atoms with Gasteiger partial charge in [-0.2, -0.15) is 0 Å². The third-order valence-corrected chi connectivity index (χ3v) is 22.3. The Labute approximate surface area is 701 Å². The largest absolute Gasteiger partial charge is 0.472 e. The predicted octanol–water partition coefficient (Wildman–Crippen LogP) is 20.5. The Morgan fingerprint density at radius 3 is 1.01 bits per heavy atom. The fraction of sp³-hybridized carbons (Fsp3) is 0.822. The summed E-state index contributed by atoms with van der Waals surface area (Å²) in [5.41, 5.74) is 0.115. The summed E-state index contributed by atoms with van der Waals surface area (Å²) in [5.74, 6) is -2.99. The van der Waals surface area contributed by atoms with Gasteiger partial charge in [0.15, 0.2) is 0 Å². The highest BCUT2D eigenvalue weighted by atomic mass is 31.2. The molecule has 24 nitrogen and oxygen atoms in total. The fourth-order valence-corrected chi connectivity index (χ4v) is 14.9. The van der Waals surface area contributed by atoms with Crippen molar-refractivity contribution in [1.29, 1.82) is 0 Å². The van der Waals surface area contributed by atoms with Crippen molar-refractivity contribution in [2.24, 2.45) is 0 Å². The zero-order chi connectivity index (χ0) is 85.1. The lowest BCUT2D eigenvalue weighted by Crippen LogP contribution is -2.43. The maximum atomic E-state index is 13.9. The predicted molar refractivity (Wildman–Crippen MR) is 464 cm³/mol. The number of rotatable bonds is 84. The first-order valence-corrected chi connectivity index (χ1v) is 48.9. The molecule has 26 heteroatoms. The molecule has 0 aliphatic rings. The molecule has 0 fully saturated rings. The van der Waals surface area contributed by atoms with Gasteiger partial charge in [-0.15, -0.1) is 0 Å². The zero-order valence-corrected chi connectivity index (χ0v) is 74.9. The smallest absolute Gasteiger partial charge is 0.462 e. The van der Waals surface area contributed by atoms with Crippen molar-refractivity contribution in [3.8, 4) is 0 Å². The highest BCUT2D eigenvalue weighted by molar-refractivity contribution is 7.47. The average Bonchev–Trinajstić information content (AvgIpc) is 0.858. The summed E-state index contributed by atoms with van der Waals surface area (Å²) in [4.78, 5) is 103. The molecule has 0 aliphatic heterocycles. The number of hydrogen-bond donors (Lipinski definition) is 8. The molecular formula is C90H164N4O20P2. The molecular weight excluding hydrogens is 1520 g/mol. The number of unbranched alkanes of at least 4 members (excludes halogenated alkanes) is 34. The number of ether oxygens (including phenoxy) is 4. The second kappa shape index (κ2) is 76.7. The van der Waals surface area contributed by atoms with Crippen LogP contribution >= 0.6 is 15.6 Å². The van der Waals surface area contributed by atoms with Crippen LogP contribution in [0.15, 0.2) is 48.6 Å². The monoisotopic (exact) mass is 1680 g/mol. The van der Waals surface area contributed by atoms with Gasteiger partial charge >= 0.3 is 27.6 Å². The number of phosphoric acid groups is 2. The van der Waals surface area contributed by atoms with Crippen LogP contribution in [0.25, 0.3) is 0 Å². The molecule has 0 bridgehead atoms. The Bertz CT molecular complexity index is 2570. The number of carbonyl (C=O) groups excluding carboxylic acids is 6. The molecule has 0 saturated carbocycles. The summed E-state index contributed by atoms with van der Waals surface area (Å²) in [7, 11) is -9.63. The zero-order valence-electron chi connectivity index (χ0n) is 73.1. The van der Waals surface area contributed by atoms with Gasteiger partial charge in [0.1, 0.15) is 12.2 Å². The van der Waals surface area contributed by atoms with Crippen LogP contribution in [0.3, 0.4) is 0 Å². The van der Waals surface area contributed by atoms with Crippen LogP contribution < -0.4 is 21.3 Å². The minimum atomic E-state index is -4.82. The number of amides is 4. The standard InChI is InChI=1S/C90H164N4O20P2/c1-7-13-19-25-29-33-37-43-49-58-83(113-87(99)60-51-45-39-35-31-27-21-15-9-3)71-85(97)93-79(73-107-66-62-81(95)56-47-41-23-17-11-5)75-111-115(103,104)109-68-64-91-89(101)77-54-53-55-78(70-77)90(102)92-65-69-110-116(105,106)112-76-80(74-108-67-63-82(96)57-48-42-24-18-12-6)94-86(98)72-84(59-50-44-38-34-30-26-20-14-8-2)114-88(100)61-52-46-40-36-32-28-22-16-10-4/h35-36,39-40,53-55,70,79-84,95-96H,7-34,37-38,41-52,56-69,71-76H2,1-6H3,(H,91,101)(H,92,102)(H,93,97)(H,94,98)(H,103,104)(H,105,106)/t79?,80?,81-,82-,83-,84-/m1/s1. The quantitative estimate of drug-likeness (QED) is 0.0130. The average molecular weight is 1680 g/mol. The van der Waals surface area contributed by atoms with Gasteiger partial charge in [0.2, 0.25) is 11.8 Å². The van der Waals surface area contributed by atoms with E-state index in [9.17, 15) is 57.9 Å². The van der Waals surface area contributed by atoms with E-state index in [1.54, 1.807) is 0 Å². The number of carbonyl (C=O) groups is 6. The minimum absolute atomic E-state index is 0.0576. The summed E-state index contributed by atoms with van der Waals surface area (Å²) in [6, 6.07) is 3.77. The van der Waals surface area contributed by atoms with Crippen molar-refractivity contribution in [1.82, 2.24) is 21.3 Å². The molecule has 0 aliphatic carbocycles. The number of benzene rings is 1. The second-order valence-electron chi connectivity index (χ2n) is 31.5. The first-order chi connectivity index (χ1) is 56.2. The number of nitrogens with one attached hydrogen (secondary N) is 4. The molecule has 0 aromatic heterocycles. The Balaban J connectivity index is 3.05. The first kappa shape index (κ1) is 110. The summed E-state index contributed by atoms with van der Waals surface area (Å²) in [5, 5.41) is 32.2. The van der Waals surface area contributed by atoms with Crippen LogP contribution in [0.4, 0.5) is 0 Å². The maximum Gasteiger partial charge on any atom is 0.472 e. The molecule has 116 heavy (non-hydrogen) atoms. The van der Waals surface area contributed by atoms with E-state index in [2.05, 4.69) is 87.1 Å². The van der Waals surface area contributed by atoms with E-state index in [0.29, 0.717) is 51.4 Å². The molecule has 674 valence electrons. The third kappa shape index (κ3) is 68.3. The molecule has 0 radical (unpaired) electrons. The molecule has 8 N–H and O–H groups in total. The van der Waals surface area contributed by atoms with Crippen molar-refractivity contribution in [3.63, 3.8) is 0 Å². The highest BCUT2D eigenvalue weighted by Gasteiger charge is 2.29. The van der Waals surface area contributed by atoms with E-state index in [1.807, 2.05) is 0 Å². The van der Waals surface area contributed by atoms with Gasteiger partial charge in [-0.3, -0.25) is 46.9 Å². The van der Waals surface area contributed by atoms with Gasteiger partial charge in [-0.25, -0.2) is 9.13 Å². The molecule has 0 heterocycles. The topological polar surface area (TPSA) is 339 Å². The van der Waals surface area contributed by atoms with Gasteiger partial charge in [0, 0.05) is 50.3 Å². The molecule has 1 aromatic rings. The fourth-order valence-electron chi connectivity index (χ4n) is 13.3. The van der Waals surface area contributed by atoms with Crippen molar-refractivity contribution >= 4 is 51.2 Å². The van der Waals surface area contributed by atoms with E-state index in [-0.39, 0.29) is 88.3 Å². The van der Waals surface area contributed by atoms with Crippen LogP contribution in [-0.2, 0) is 65.4 Å². The SMILES string of the molecule is CCCCCCC=CCCCC(=O)O[C@H](CCCCCCCCCCC)CC(=O)NC(COCC[C@H](O)CCCCCCC)COP(=O)(O)OCCNC(=O)c1cccc(C(=O)NCCOP(=O)(O)OCC(COCC[C@H](O)CCCCCCC)NC(=O)C[C@@H](CCCCCCCCCCC)OC(=O)CCCC=CCCCCCC)c1. The molecule has 1 aromatic carbocycles. The lowest BCUT2D eigenvalue weighted by molar-refractivity contribution is -0.152. The number of aliphatic hydroxyl groups excluding tert-OH is 2. The van der Waals surface area contributed by atoms with Gasteiger partial charge < -0.3 is 60.2 Å². The van der Waals surface area contributed by atoms with Gasteiger partial charge in [-0.1, -0.05) is 277 Å². The Kier molecular flexibility index (Phi) is 72.5. The Morgan fingerprint density at radius 1 is 0.371 bits per heavy atom. The molecule has 4 amide bonds. The van der Waals surface area contributed by atoms with Crippen LogP contribution in [0.1, 0.15) is 396 Å². The molecule has 8 atom stereocenters. The summed E-state index contributed by atoms with van der Waals surface area (Å²) in [6.07, 6.45) is 53.7. The number of aliphatic hydroxyl groups is 2. The summed E-state index contributed by atoms with van der Waals surface area (Å²) < 4.78 is 71.7. The van der Waals surface area contributed by atoms with Gasteiger partial charge in [0.05, 0.1) is 76.8 Å². The van der Waals surface area contributed by atoms with Crippen molar-refractivity contribution < 1.29 is 94.9 Å². The molecule has 0 spiro atoms. The Morgan fingerprint density at radius 2 is 0.672 bits per heavy atom. The normalized spacial score (nSPS) is 14.4. The lowest BCUT2D eigenvalue weighted by atomic mass is 10.0. The molecule has 1 rings (SSSR count). The van der Waals surface area contributed by atoms with Crippen LogP contribution in [0.2, 0.25) is 0 Å².